The van der Waals surface area contributed by atoms with Gasteiger partial charge in [-0.1, -0.05) is 218 Å². The lowest BCUT2D eigenvalue weighted by Crippen LogP contribution is -2.23. The van der Waals surface area contributed by atoms with Gasteiger partial charge in [-0.2, -0.15) is 0 Å². The van der Waals surface area contributed by atoms with Crippen LogP contribution in [0, 0.1) is 11.8 Å². The molecule has 0 bridgehead atoms. The van der Waals surface area contributed by atoms with Gasteiger partial charge in [0.05, 0.1) is 11.4 Å². The summed E-state index contributed by atoms with van der Waals surface area (Å²) in [5.41, 5.74) is 17.4. The van der Waals surface area contributed by atoms with Crippen molar-refractivity contribution in [3.8, 4) is 11.1 Å². The lowest BCUT2D eigenvalue weighted by Gasteiger charge is -2.38. The van der Waals surface area contributed by atoms with Gasteiger partial charge in [-0.05, 0) is 183 Å². The smallest absolute Gasteiger partial charge is 0.0540 e. The second kappa shape index (κ2) is 17.8. The molecule has 0 radical (unpaired) electrons. The van der Waals surface area contributed by atoms with Crippen LogP contribution in [0.4, 0.5) is 34.1 Å². The van der Waals surface area contributed by atoms with E-state index >= 15 is 0 Å². The van der Waals surface area contributed by atoms with Crippen LogP contribution in [0.2, 0.25) is 0 Å². The van der Waals surface area contributed by atoms with Crippen LogP contribution in [0.25, 0.3) is 103 Å². The monoisotopic (exact) mass is 1020 g/mol. The van der Waals surface area contributed by atoms with Crippen molar-refractivity contribution in [3.05, 3.63) is 296 Å². The maximum atomic E-state index is 2.51. The first-order valence-electron chi connectivity index (χ1n) is 28.3. The molecule has 0 N–H and O–H groups in total. The van der Waals surface area contributed by atoms with Crippen LogP contribution in [-0.4, -0.2) is 0 Å². The number of nitrogens with zero attached hydrogens (tertiary/aromatic N) is 2. The van der Waals surface area contributed by atoms with Crippen molar-refractivity contribution in [1.29, 1.82) is 0 Å². The number of fused-ring (bicyclic) bond motifs is 6. The third-order valence-corrected chi connectivity index (χ3v) is 17.9. The minimum Gasteiger partial charge on any atom is -0.310 e. The summed E-state index contributed by atoms with van der Waals surface area (Å²) in [6.07, 6.45) is 22.9. The standard InChI is InChI=1S/C78H52N2/c1-5-19-49(20-6-1)75-65-41-39-56(80(54-29-11-4-12-30-54)72-46-44-64-60-34-16-26-52-24-14-32-58(74(52)60)62-36-18-38-68(72)78(62)64)48-70(65)76(50-21-7-2-8-22-50)66-42-40-55(47-69(66)75)79(53-27-9-3-10-28-53)71-45-43-63-59-33-15-25-51-23-13-31-57(73(51)59)61-35-17-37-67(71)77(61)63/h1-7,9-21,23-48,52,74H,8,22H2. The summed E-state index contributed by atoms with van der Waals surface area (Å²) < 4.78 is 0. The molecule has 2 unspecified atom stereocenters. The molecule has 13 aromatic rings. The molecule has 2 heteroatoms. The largest absolute Gasteiger partial charge is 0.310 e. The van der Waals surface area contributed by atoms with E-state index in [2.05, 4.69) is 289 Å². The Bertz CT molecular complexity index is 4850. The zero-order chi connectivity index (χ0) is 52.4. The van der Waals surface area contributed by atoms with E-state index in [1.165, 1.54) is 126 Å². The van der Waals surface area contributed by atoms with E-state index in [0.29, 0.717) is 11.8 Å². The summed E-state index contributed by atoms with van der Waals surface area (Å²) in [7, 11) is 0. The Morgan fingerprint density at radius 1 is 0.338 bits per heavy atom. The number of allylic oxidation sites excluding steroid dienone is 12. The molecular formula is C78H52N2. The molecule has 0 aromatic heterocycles. The van der Waals surface area contributed by atoms with Crippen molar-refractivity contribution < 1.29 is 0 Å². The van der Waals surface area contributed by atoms with Crippen molar-refractivity contribution in [2.75, 3.05) is 9.80 Å². The molecule has 2 atom stereocenters. The van der Waals surface area contributed by atoms with Gasteiger partial charge in [0, 0.05) is 45.4 Å². The van der Waals surface area contributed by atoms with Gasteiger partial charge in [0.1, 0.15) is 0 Å². The lowest BCUT2D eigenvalue weighted by molar-refractivity contribution is 0.693. The van der Waals surface area contributed by atoms with Crippen LogP contribution in [0.15, 0.2) is 279 Å². The molecule has 2 nitrogen and oxygen atoms in total. The Kier molecular flexibility index (Phi) is 10.00. The average molecular weight is 1020 g/mol. The summed E-state index contributed by atoms with van der Waals surface area (Å²) in [4.78, 5) is 5.00. The molecule has 0 amide bonds. The maximum absolute atomic E-state index is 2.51. The topological polar surface area (TPSA) is 6.48 Å². The summed E-state index contributed by atoms with van der Waals surface area (Å²) in [5, 5.41) is 17.8. The van der Waals surface area contributed by atoms with Crippen molar-refractivity contribution in [2.24, 2.45) is 11.8 Å². The quantitative estimate of drug-likeness (QED) is 0.111. The van der Waals surface area contributed by atoms with Gasteiger partial charge in [-0.15, -0.1) is 0 Å². The fraction of sp³-hybridized carbons (Fsp3) is 0.0513. The Morgan fingerprint density at radius 3 is 1.49 bits per heavy atom. The van der Waals surface area contributed by atoms with Crippen LogP contribution in [0.5, 0.6) is 0 Å². The SMILES string of the molecule is C1=CCCC(c2c3cc(N(c4ccccc4)c4ccc5c6c(cccc46)C4=CC=CC6C=CC=C5C46)ccc3c(-c3ccccc3)c3cc(N(c4ccccc4)c4ccc5c6cccc7cccc(c8cccc4c85)c76)ccc23)=C1. The Hall–Kier alpha value is -10.0. The number of rotatable bonds is 8. The summed E-state index contributed by atoms with van der Waals surface area (Å²) >= 11 is 0. The van der Waals surface area contributed by atoms with Crippen LogP contribution in [0.3, 0.4) is 0 Å². The van der Waals surface area contributed by atoms with Crippen molar-refractivity contribution in [2.45, 2.75) is 12.8 Å². The van der Waals surface area contributed by atoms with Crippen LogP contribution >= 0.6 is 0 Å². The van der Waals surface area contributed by atoms with E-state index < -0.39 is 0 Å². The molecule has 80 heavy (non-hydrogen) atoms. The van der Waals surface area contributed by atoms with Gasteiger partial charge < -0.3 is 9.80 Å². The molecule has 0 saturated carbocycles. The fourth-order valence-electron chi connectivity index (χ4n) is 14.6. The molecule has 0 fully saturated rings. The number of para-hydroxylation sites is 2. The second-order valence-corrected chi connectivity index (χ2v) is 22.1. The van der Waals surface area contributed by atoms with E-state index in [1.807, 2.05) is 0 Å². The normalized spacial score (nSPS) is 16.2. The molecule has 0 spiro atoms. The minimum absolute atomic E-state index is 0.335. The second-order valence-electron chi connectivity index (χ2n) is 22.1. The third kappa shape index (κ3) is 6.66. The van der Waals surface area contributed by atoms with Crippen molar-refractivity contribution >= 4 is 126 Å². The highest BCUT2D eigenvalue weighted by Gasteiger charge is 2.36. The van der Waals surface area contributed by atoms with Gasteiger partial charge in [0.2, 0.25) is 0 Å². The number of hydrogen-bond donors (Lipinski definition) is 0. The summed E-state index contributed by atoms with van der Waals surface area (Å²) in [5.74, 6) is 0.703. The zero-order valence-corrected chi connectivity index (χ0v) is 44.0. The highest BCUT2D eigenvalue weighted by atomic mass is 15.1. The molecule has 0 aliphatic heterocycles. The molecule has 13 aromatic carbocycles. The lowest BCUT2D eigenvalue weighted by atomic mass is 9.66. The average Bonchev–Trinajstić information content (AvgIpc) is 3.72. The molecule has 374 valence electrons. The first-order chi connectivity index (χ1) is 39.7. The van der Waals surface area contributed by atoms with E-state index in [1.54, 1.807) is 0 Å². The van der Waals surface area contributed by atoms with E-state index in [-0.39, 0.29) is 0 Å². The third-order valence-electron chi connectivity index (χ3n) is 17.9. The van der Waals surface area contributed by atoms with Gasteiger partial charge >= 0.3 is 0 Å². The maximum Gasteiger partial charge on any atom is 0.0540 e. The molecule has 0 saturated heterocycles. The van der Waals surface area contributed by atoms with Crippen molar-refractivity contribution in [1.82, 2.24) is 0 Å². The summed E-state index contributed by atoms with van der Waals surface area (Å²) in [6.45, 7) is 0. The van der Waals surface area contributed by atoms with Gasteiger partial charge in [-0.25, -0.2) is 0 Å². The molecule has 17 rings (SSSR count). The van der Waals surface area contributed by atoms with Crippen molar-refractivity contribution in [3.63, 3.8) is 0 Å². The van der Waals surface area contributed by atoms with Crippen LogP contribution in [-0.2, 0) is 0 Å². The van der Waals surface area contributed by atoms with Gasteiger partial charge in [0.25, 0.3) is 0 Å². The fourth-order valence-corrected chi connectivity index (χ4v) is 14.6. The molecule has 4 aliphatic carbocycles. The molecular weight excluding hydrogens is 965 g/mol. The Labute approximate surface area is 465 Å². The highest BCUT2D eigenvalue weighted by Crippen LogP contribution is 2.55. The predicted octanol–water partition coefficient (Wildman–Crippen LogP) is 21.7. The van der Waals surface area contributed by atoms with Crippen LogP contribution < -0.4 is 9.80 Å². The van der Waals surface area contributed by atoms with Crippen LogP contribution in [0.1, 0.15) is 29.5 Å². The molecule has 0 heterocycles. The molecule has 4 aliphatic rings. The van der Waals surface area contributed by atoms with Gasteiger partial charge in [0.15, 0.2) is 0 Å². The van der Waals surface area contributed by atoms with E-state index in [4.69, 9.17) is 0 Å². The van der Waals surface area contributed by atoms with Gasteiger partial charge in [-0.3, -0.25) is 0 Å². The van der Waals surface area contributed by atoms with E-state index in [9.17, 15) is 0 Å². The first kappa shape index (κ1) is 45.0. The highest BCUT2D eigenvalue weighted by molar-refractivity contribution is 6.34. The minimum atomic E-state index is 0.335. The first-order valence-corrected chi connectivity index (χ1v) is 28.3. The number of benzene rings is 13. The van der Waals surface area contributed by atoms with E-state index in [0.717, 1.165) is 41.3 Å². The number of anilines is 6. The predicted molar refractivity (Wildman–Crippen MR) is 343 cm³/mol. The zero-order valence-electron chi connectivity index (χ0n) is 44.0. The summed E-state index contributed by atoms with van der Waals surface area (Å²) in [6, 6.07) is 84.5. The Morgan fingerprint density at radius 2 is 0.850 bits per heavy atom. The Balaban J connectivity index is 0.918. The number of hydrogen-bond acceptors (Lipinski definition) is 2.